The highest BCUT2D eigenvalue weighted by atomic mass is 16.5. The van der Waals surface area contributed by atoms with Crippen molar-refractivity contribution < 1.29 is 9.53 Å². The van der Waals surface area contributed by atoms with Crippen molar-refractivity contribution in [1.82, 2.24) is 0 Å². The first-order chi connectivity index (χ1) is 7.77. The molecule has 16 heavy (non-hydrogen) atoms. The Kier molecular flexibility index (Phi) is 5.07. The summed E-state index contributed by atoms with van der Waals surface area (Å²) >= 11 is 0. The van der Waals surface area contributed by atoms with Crippen molar-refractivity contribution in [1.29, 1.82) is 5.26 Å². The van der Waals surface area contributed by atoms with E-state index in [1.54, 1.807) is 13.0 Å². The van der Waals surface area contributed by atoms with Gasteiger partial charge in [0.05, 0.1) is 18.2 Å². The number of nitriles is 1. The number of hydrogen-bond donors (Lipinski definition) is 0. The zero-order chi connectivity index (χ0) is 11.8. The maximum atomic E-state index is 11.1. The zero-order valence-electron chi connectivity index (χ0n) is 9.40. The predicted octanol–water partition coefficient (Wildman–Crippen LogP) is 2.44. The normalized spacial score (nSPS) is 9.50. The number of benzene rings is 1. The molecule has 0 saturated carbocycles. The number of ether oxygens (including phenoxy) is 1. The fraction of sp³-hybridized carbons (Fsp3) is 0.385. The molecule has 0 bridgehead atoms. The van der Waals surface area contributed by atoms with Gasteiger partial charge in [-0.05, 0) is 31.4 Å². The number of esters is 1. The summed E-state index contributed by atoms with van der Waals surface area (Å²) in [6.07, 6.45) is 1.87. The maximum Gasteiger partial charge on any atom is 0.305 e. The molecule has 0 radical (unpaired) electrons. The van der Waals surface area contributed by atoms with Crippen LogP contribution in [0.4, 0.5) is 0 Å². The predicted molar refractivity (Wildman–Crippen MR) is 60.7 cm³/mol. The molecule has 0 aliphatic carbocycles. The molecule has 0 aliphatic rings. The van der Waals surface area contributed by atoms with E-state index in [0.29, 0.717) is 18.6 Å². The number of nitrogens with zero attached hydrogens (tertiary/aromatic N) is 1. The van der Waals surface area contributed by atoms with E-state index >= 15 is 0 Å². The summed E-state index contributed by atoms with van der Waals surface area (Å²) in [4.78, 5) is 11.1. The van der Waals surface area contributed by atoms with E-state index in [1.807, 2.05) is 18.2 Å². The standard InChI is InChI=1S/C13H15NO2/c1-2-16-13(15)9-5-8-11-6-3-4-7-12(11)10-14/h3-4,6-7H,2,5,8-9H2,1H3. The Morgan fingerprint density at radius 3 is 2.88 bits per heavy atom. The van der Waals surface area contributed by atoms with Crippen molar-refractivity contribution >= 4 is 5.97 Å². The number of aryl methyl sites for hydroxylation is 1. The van der Waals surface area contributed by atoms with E-state index in [4.69, 9.17) is 10.00 Å². The first kappa shape index (κ1) is 12.3. The van der Waals surface area contributed by atoms with Gasteiger partial charge in [-0.25, -0.2) is 0 Å². The molecular formula is C13H15NO2. The molecule has 0 unspecified atom stereocenters. The SMILES string of the molecule is CCOC(=O)CCCc1ccccc1C#N. The molecule has 0 saturated heterocycles. The van der Waals surface area contributed by atoms with Gasteiger partial charge in [0.15, 0.2) is 0 Å². The topological polar surface area (TPSA) is 50.1 Å². The van der Waals surface area contributed by atoms with Gasteiger partial charge in [0.25, 0.3) is 0 Å². The lowest BCUT2D eigenvalue weighted by molar-refractivity contribution is -0.143. The van der Waals surface area contributed by atoms with Gasteiger partial charge in [-0.3, -0.25) is 4.79 Å². The van der Waals surface area contributed by atoms with E-state index < -0.39 is 0 Å². The van der Waals surface area contributed by atoms with Crippen molar-refractivity contribution in [2.75, 3.05) is 6.61 Å². The summed E-state index contributed by atoms with van der Waals surface area (Å²) in [5.41, 5.74) is 1.68. The molecule has 0 fully saturated rings. The first-order valence-electron chi connectivity index (χ1n) is 5.41. The van der Waals surface area contributed by atoms with Crippen LogP contribution in [0.2, 0.25) is 0 Å². The minimum atomic E-state index is -0.170. The molecule has 0 N–H and O–H groups in total. The average molecular weight is 217 g/mol. The number of hydrogen-bond acceptors (Lipinski definition) is 3. The zero-order valence-corrected chi connectivity index (χ0v) is 9.40. The fourth-order valence-electron chi connectivity index (χ4n) is 1.50. The first-order valence-corrected chi connectivity index (χ1v) is 5.41. The van der Waals surface area contributed by atoms with Crippen LogP contribution in [-0.4, -0.2) is 12.6 Å². The molecule has 1 aromatic carbocycles. The summed E-state index contributed by atoms with van der Waals surface area (Å²) in [5, 5.41) is 8.87. The van der Waals surface area contributed by atoms with Gasteiger partial charge >= 0.3 is 5.97 Å². The Morgan fingerprint density at radius 1 is 1.44 bits per heavy atom. The van der Waals surface area contributed by atoms with Gasteiger partial charge in [-0.2, -0.15) is 5.26 Å². The second-order valence-electron chi connectivity index (χ2n) is 3.43. The van der Waals surface area contributed by atoms with Crippen LogP contribution in [-0.2, 0) is 16.0 Å². The summed E-state index contributed by atoms with van der Waals surface area (Å²) in [6.45, 7) is 2.22. The highest BCUT2D eigenvalue weighted by molar-refractivity contribution is 5.69. The van der Waals surface area contributed by atoms with Crippen LogP contribution in [0.3, 0.4) is 0 Å². The number of rotatable bonds is 5. The van der Waals surface area contributed by atoms with Crippen LogP contribution in [0.5, 0.6) is 0 Å². The van der Waals surface area contributed by atoms with Crippen molar-refractivity contribution in [3.8, 4) is 6.07 Å². The van der Waals surface area contributed by atoms with E-state index in [1.165, 1.54) is 0 Å². The monoisotopic (exact) mass is 217 g/mol. The molecule has 3 heteroatoms. The average Bonchev–Trinajstić information content (AvgIpc) is 2.30. The third kappa shape index (κ3) is 3.74. The molecule has 0 aliphatic heterocycles. The van der Waals surface area contributed by atoms with E-state index in [0.717, 1.165) is 18.4 Å². The molecule has 0 atom stereocenters. The van der Waals surface area contributed by atoms with Crippen LogP contribution in [0.15, 0.2) is 24.3 Å². The van der Waals surface area contributed by atoms with Crippen molar-refractivity contribution in [3.63, 3.8) is 0 Å². The Morgan fingerprint density at radius 2 is 2.19 bits per heavy atom. The highest BCUT2D eigenvalue weighted by Crippen LogP contribution is 2.11. The van der Waals surface area contributed by atoms with Gasteiger partial charge in [0.1, 0.15) is 0 Å². The number of carbonyl (C=O) groups excluding carboxylic acids is 1. The van der Waals surface area contributed by atoms with Gasteiger partial charge < -0.3 is 4.74 Å². The summed E-state index contributed by atoms with van der Waals surface area (Å²) in [7, 11) is 0. The molecule has 0 heterocycles. The fourth-order valence-corrected chi connectivity index (χ4v) is 1.50. The molecular weight excluding hydrogens is 202 g/mol. The Labute approximate surface area is 95.7 Å². The Balaban J connectivity index is 2.43. The molecule has 0 aromatic heterocycles. The highest BCUT2D eigenvalue weighted by Gasteiger charge is 2.04. The van der Waals surface area contributed by atoms with Crippen LogP contribution in [0.1, 0.15) is 30.9 Å². The van der Waals surface area contributed by atoms with Gasteiger partial charge in [-0.15, -0.1) is 0 Å². The smallest absolute Gasteiger partial charge is 0.305 e. The van der Waals surface area contributed by atoms with E-state index in [2.05, 4.69) is 6.07 Å². The van der Waals surface area contributed by atoms with E-state index in [-0.39, 0.29) is 5.97 Å². The molecule has 3 nitrogen and oxygen atoms in total. The third-order valence-electron chi connectivity index (χ3n) is 2.27. The molecule has 84 valence electrons. The third-order valence-corrected chi connectivity index (χ3v) is 2.27. The minimum absolute atomic E-state index is 0.170. The lowest BCUT2D eigenvalue weighted by Gasteiger charge is -2.03. The second-order valence-corrected chi connectivity index (χ2v) is 3.43. The minimum Gasteiger partial charge on any atom is -0.466 e. The molecule has 1 aromatic rings. The summed E-state index contributed by atoms with van der Waals surface area (Å²) < 4.78 is 4.83. The Hall–Kier alpha value is -1.82. The second kappa shape index (κ2) is 6.62. The van der Waals surface area contributed by atoms with Gasteiger partial charge in [0.2, 0.25) is 0 Å². The maximum absolute atomic E-state index is 11.1. The van der Waals surface area contributed by atoms with Crippen molar-refractivity contribution in [2.24, 2.45) is 0 Å². The van der Waals surface area contributed by atoms with E-state index in [9.17, 15) is 4.79 Å². The van der Waals surface area contributed by atoms with Crippen LogP contribution in [0, 0.1) is 11.3 Å². The lowest BCUT2D eigenvalue weighted by atomic mass is 10.0. The quantitative estimate of drug-likeness (QED) is 0.712. The van der Waals surface area contributed by atoms with Crippen LogP contribution in [0.25, 0.3) is 0 Å². The molecule has 0 spiro atoms. The van der Waals surface area contributed by atoms with Gasteiger partial charge in [0, 0.05) is 6.42 Å². The lowest BCUT2D eigenvalue weighted by Crippen LogP contribution is -2.04. The van der Waals surface area contributed by atoms with Crippen LogP contribution < -0.4 is 0 Å². The molecule has 1 rings (SSSR count). The largest absolute Gasteiger partial charge is 0.466 e. The number of carbonyl (C=O) groups is 1. The van der Waals surface area contributed by atoms with Crippen molar-refractivity contribution in [3.05, 3.63) is 35.4 Å². The van der Waals surface area contributed by atoms with Gasteiger partial charge in [-0.1, -0.05) is 18.2 Å². The summed E-state index contributed by atoms with van der Waals surface area (Å²) in [5.74, 6) is -0.170. The summed E-state index contributed by atoms with van der Waals surface area (Å²) in [6, 6.07) is 9.60. The Bertz CT molecular complexity index is 393. The van der Waals surface area contributed by atoms with Crippen molar-refractivity contribution in [2.45, 2.75) is 26.2 Å². The van der Waals surface area contributed by atoms with Crippen LogP contribution >= 0.6 is 0 Å². The molecule has 0 amide bonds.